The van der Waals surface area contributed by atoms with Crippen LogP contribution in [0.4, 0.5) is 0 Å². The van der Waals surface area contributed by atoms with Crippen molar-refractivity contribution < 1.29 is 5.11 Å². The molecule has 0 aliphatic carbocycles. The van der Waals surface area contributed by atoms with Crippen LogP contribution in [-0.4, -0.2) is 15.1 Å². The van der Waals surface area contributed by atoms with Gasteiger partial charge >= 0.3 is 0 Å². The van der Waals surface area contributed by atoms with Crippen LogP contribution < -0.4 is 0 Å². The molecule has 3 nitrogen and oxygen atoms in total. The monoisotopic (exact) mass is 228 g/mol. The number of phenolic OH excluding ortho intramolecular Hbond substituents is 1. The van der Waals surface area contributed by atoms with Gasteiger partial charge < -0.3 is 5.11 Å². The van der Waals surface area contributed by atoms with Crippen molar-refractivity contribution in [2.45, 2.75) is 26.2 Å². The van der Waals surface area contributed by atoms with Gasteiger partial charge in [-0.1, -0.05) is 20.8 Å². The molecule has 1 heterocycles. The fraction of sp³-hybridized carbons (Fsp3) is 0.286. The Morgan fingerprint density at radius 3 is 2.24 bits per heavy atom. The third-order valence-corrected chi connectivity index (χ3v) is 2.55. The van der Waals surface area contributed by atoms with Crippen LogP contribution in [0.2, 0.25) is 0 Å². The van der Waals surface area contributed by atoms with Gasteiger partial charge in [-0.3, -0.25) is 0 Å². The molecule has 0 amide bonds. The lowest BCUT2D eigenvalue weighted by molar-refractivity contribution is 0.475. The Bertz CT molecular complexity index is 512. The largest absolute Gasteiger partial charge is 0.508 e. The lowest BCUT2D eigenvalue weighted by Gasteiger charge is -2.17. The highest BCUT2D eigenvalue weighted by Gasteiger charge is 2.16. The molecule has 0 aliphatic heterocycles. The van der Waals surface area contributed by atoms with E-state index < -0.39 is 0 Å². The van der Waals surface area contributed by atoms with Crippen molar-refractivity contribution >= 4 is 0 Å². The zero-order chi connectivity index (χ0) is 12.5. The Morgan fingerprint density at radius 2 is 1.65 bits per heavy atom. The number of nitrogens with zero attached hydrogens (tertiary/aromatic N) is 2. The molecule has 0 unspecified atom stereocenters. The molecule has 0 bridgehead atoms. The van der Waals surface area contributed by atoms with Crippen molar-refractivity contribution in [2.24, 2.45) is 0 Å². The van der Waals surface area contributed by atoms with E-state index >= 15 is 0 Å². The first-order chi connectivity index (χ1) is 7.97. The van der Waals surface area contributed by atoms with E-state index in [4.69, 9.17) is 0 Å². The molecule has 2 rings (SSSR count). The second-order valence-corrected chi connectivity index (χ2v) is 5.06. The smallest absolute Gasteiger partial charge is 0.159 e. The van der Waals surface area contributed by atoms with Crippen molar-refractivity contribution in [3.05, 3.63) is 42.2 Å². The molecule has 0 spiro atoms. The summed E-state index contributed by atoms with van der Waals surface area (Å²) < 4.78 is 0. The third kappa shape index (κ3) is 2.61. The maximum absolute atomic E-state index is 9.25. The van der Waals surface area contributed by atoms with Gasteiger partial charge in [0.1, 0.15) is 5.75 Å². The van der Waals surface area contributed by atoms with Crippen LogP contribution in [0.15, 0.2) is 36.5 Å². The highest BCUT2D eigenvalue weighted by Crippen LogP contribution is 2.23. The van der Waals surface area contributed by atoms with Gasteiger partial charge in [-0.05, 0) is 30.3 Å². The molecule has 0 saturated heterocycles. The molecule has 88 valence electrons. The maximum atomic E-state index is 9.25. The van der Waals surface area contributed by atoms with E-state index in [1.54, 1.807) is 18.3 Å². The molecule has 1 aromatic heterocycles. The van der Waals surface area contributed by atoms with Crippen LogP contribution >= 0.6 is 0 Å². The summed E-state index contributed by atoms with van der Waals surface area (Å²) in [5.74, 6) is 0.943. The number of benzene rings is 1. The Morgan fingerprint density at radius 1 is 1.00 bits per heavy atom. The SMILES string of the molecule is CC(C)(C)c1ccnc(-c2ccc(O)cc2)n1. The van der Waals surface area contributed by atoms with Crippen LogP contribution in [0.1, 0.15) is 26.5 Å². The molecular weight excluding hydrogens is 212 g/mol. The zero-order valence-electron chi connectivity index (χ0n) is 10.3. The van der Waals surface area contributed by atoms with Gasteiger partial charge in [-0.15, -0.1) is 0 Å². The first-order valence-corrected chi connectivity index (χ1v) is 5.60. The maximum Gasteiger partial charge on any atom is 0.159 e. The van der Waals surface area contributed by atoms with Crippen molar-refractivity contribution in [2.75, 3.05) is 0 Å². The van der Waals surface area contributed by atoms with Crippen LogP contribution in [0.5, 0.6) is 5.75 Å². The third-order valence-electron chi connectivity index (χ3n) is 2.55. The number of hydrogen-bond acceptors (Lipinski definition) is 3. The Hall–Kier alpha value is -1.90. The van der Waals surface area contributed by atoms with E-state index in [2.05, 4.69) is 30.7 Å². The van der Waals surface area contributed by atoms with Gasteiger partial charge in [0.05, 0.1) is 0 Å². The van der Waals surface area contributed by atoms with Crippen molar-refractivity contribution in [1.29, 1.82) is 0 Å². The average molecular weight is 228 g/mol. The molecule has 0 aliphatic rings. The second-order valence-electron chi connectivity index (χ2n) is 5.06. The first-order valence-electron chi connectivity index (χ1n) is 5.60. The minimum absolute atomic E-state index is 0.00854. The predicted octanol–water partition coefficient (Wildman–Crippen LogP) is 3.15. The fourth-order valence-corrected chi connectivity index (χ4v) is 1.53. The minimum Gasteiger partial charge on any atom is -0.508 e. The van der Waals surface area contributed by atoms with Crippen molar-refractivity contribution in [3.63, 3.8) is 0 Å². The number of hydrogen-bond donors (Lipinski definition) is 1. The van der Waals surface area contributed by atoms with E-state index in [9.17, 15) is 5.11 Å². The Labute approximate surface area is 101 Å². The number of aromatic nitrogens is 2. The van der Waals surface area contributed by atoms with Gasteiger partial charge in [-0.25, -0.2) is 9.97 Å². The highest BCUT2D eigenvalue weighted by atomic mass is 16.3. The Kier molecular flexibility index (Phi) is 2.84. The lowest BCUT2D eigenvalue weighted by atomic mass is 9.92. The van der Waals surface area contributed by atoms with Crippen molar-refractivity contribution in [3.8, 4) is 17.1 Å². The molecule has 2 aromatic rings. The molecule has 1 N–H and O–H groups in total. The molecule has 0 atom stereocenters. The summed E-state index contributed by atoms with van der Waals surface area (Å²) in [7, 11) is 0. The van der Waals surface area contributed by atoms with Crippen LogP contribution in [-0.2, 0) is 5.41 Å². The summed E-state index contributed by atoms with van der Waals surface area (Å²) in [6.45, 7) is 6.36. The molecule has 0 saturated carbocycles. The van der Waals surface area contributed by atoms with E-state index in [1.807, 2.05) is 18.2 Å². The van der Waals surface area contributed by atoms with E-state index in [0.29, 0.717) is 5.82 Å². The number of aromatic hydroxyl groups is 1. The normalized spacial score (nSPS) is 11.5. The van der Waals surface area contributed by atoms with Crippen LogP contribution in [0, 0.1) is 0 Å². The summed E-state index contributed by atoms with van der Waals surface area (Å²) in [5, 5.41) is 9.25. The molecule has 1 aromatic carbocycles. The first kappa shape index (κ1) is 11.6. The van der Waals surface area contributed by atoms with Gasteiger partial charge in [0, 0.05) is 22.9 Å². The minimum atomic E-state index is 0.00854. The summed E-state index contributed by atoms with van der Waals surface area (Å²) >= 11 is 0. The second kappa shape index (κ2) is 4.17. The van der Waals surface area contributed by atoms with E-state index in [0.717, 1.165) is 11.3 Å². The van der Waals surface area contributed by atoms with Gasteiger partial charge in [0.25, 0.3) is 0 Å². The topological polar surface area (TPSA) is 46.0 Å². The van der Waals surface area contributed by atoms with Crippen LogP contribution in [0.3, 0.4) is 0 Å². The van der Waals surface area contributed by atoms with Crippen LogP contribution in [0.25, 0.3) is 11.4 Å². The predicted molar refractivity (Wildman–Crippen MR) is 67.8 cm³/mol. The molecular formula is C14H16N2O. The number of rotatable bonds is 1. The quantitative estimate of drug-likeness (QED) is 0.815. The number of phenols is 1. The summed E-state index contributed by atoms with van der Waals surface area (Å²) in [6.07, 6.45) is 1.77. The Balaban J connectivity index is 2.43. The molecule has 0 fully saturated rings. The van der Waals surface area contributed by atoms with Gasteiger partial charge in [-0.2, -0.15) is 0 Å². The average Bonchev–Trinajstić information content (AvgIpc) is 2.29. The standard InChI is InChI=1S/C14H16N2O/c1-14(2,3)12-8-9-15-13(16-12)10-4-6-11(17)7-5-10/h4-9,17H,1-3H3. The molecule has 17 heavy (non-hydrogen) atoms. The van der Waals surface area contributed by atoms with Gasteiger partial charge in [0.2, 0.25) is 0 Å². The molecule has 0 radical (unpaired) electrons. The zero-order valence-corrected chi connectivity index (χ0v) is 10.3. The van der Waals surface area contributed by atoms with Gasteiger partial charge in [0.15, 0.2) is 5.82 Å². The van der Waals surface area contributed by atoms with E-state index in [-0.39, 0.29) is 11.2 Å². The highest BCUT2D eigenvalue weighted by molar-refractivity contribution is 5.56. The van der Waals surface area contributed by atoms with Crippen molar-refractivity contribution in [1.82, 2.24) is 9.97 Å². The molecule has 3 heteroatoms. The fourth-order valence-electron chi connectivity index (χ4n) is 1.53. The van der Waals surface area contributed by atoms with E-state index in [1.165, 1.54) is 0 Å². The summed E-state index contributed by atoms with van der Waals surface area (Å²) in [4.78, 5) is 8.81. The summed E-state index contributed by atoms with van der Waals surface area (Å²) in [6, 6.07) is 8.85. The summed E-state index contributed by atoms with van der Waals surface area (Å²) in [5.41, 5.74) is 1.93. The lowest BCUT2D eigenvalue weighted by Crippen LogP contribution is -2.14.